The van der Waals surface area contributed by atoms with E-state index in [1.807, 2.05) is 31.2 Å². The summed E-state index contributed by atoms with van der Waals surface area (Å²) in [4.78, 5) is 12.4. The summed E-state index contributed by atoms with van der Waals surface area (Å²) in [6, 6.07) is 22.1. The van der Waals surface area contributed by atoms with Crippen molar-refractivity contribution in [3.05, 3.63) is 89.9 Å². The van der Waals surface area contributed by atoms with E-state index < -0.39 is 0 Å². The first-order valence-corrected chi connectivity index (χ1v) is 10.4. The van der Waals surface area contributed by atoms with E-state index >= 15 is 0 Å². The minimum Gasteiger partial charge on any atom is -0.497 e. The van der Waals surface area contributed by atoms with Crippen molar-refractivity contribution >= 4 is 28.0 Å². The van der Waals surface area contributed by atoms with Gasteiger partial charge >= 0.3 is 0 Å². The van der Waals surface area contributed by atoms with Crippen molar-refractivity contribution in [3.63, 3.8) is 0 Å². The molecule has 0 spiro atoms. The summed E-state index contributed by atoms with van der Waals surface area (Å²) < 4.78 is 12.7. The number of nitrogens with zero attached hydrogens (tertiary/aromatic N) is 4. The highest BCUT2D eigenvalue weighted by molar-refractivity contribution is 6.04. The van der Waals surface area contributed by atoms with Crippen molar-refractivity contribution in [2.45, 2.75) is 13.5 Å². The minimum atomic E-state index is -0.199. The van der Waals surface area contributed by atoms with Gasteiger partial charge in [0.15, 0.2) is 11.5 Å². The molecule has 0 radical (unpaired) electrons. The van der Waals surface area contributed by atoms with Gasteiger partial charge in [-0.2, -0.15) is 9.61 Å². The Morgan fingerprint density at radius 1 is 0.909 bits per heavy atom. The van der Waals surface area contributed by atoms with E-state index in [1.54, 1.807) is 60.2 Å². The molecule has 0 unspecified atom stereocenters. The molecule has 0 saturated heterocycles. The predicted octanol–water partition coefficient (Wildman–Crippen LogP) is 4.43. The number of nitrogens with one attached hydrogen (secondary N) is 1. The Labute approximate surface area is 189 Å². The Morgan fingerprint density at radius 2 is 1.61 bits per heavy atom. The number of rotatable bonds is 6. The molecule has 3 aromatic carbocycles. The number of methoxy groups -OCH3 is 1. The number of hydrogen-bond acceptors (Lipinski definition) is 6. The van der Waals surface area contributed by atoms with Gasteiger partial charge in [-0.25, -0.2) is 0 Å². The average molecular weight is 439 g/mol. The van der Waals surface area contributed by atoms with Crippen LogP contribution in [0.3, 0.4) is 0 Å². The Morgan fingerprint density at radius 3 is 2.33 bits per heavy atom. The molecule has 1 amide bonds. The molecule has 2 aromatic heterocycles. The van der Waals surface area contributed by atoms with Crippen LogP contribution < -0.4 is 14.8 Å². The standard InChI is InChI=1S/C25H21N5O3/c1-16-21-5-3-4-6-22(21)24-28-27-23(30(24)29-16)15-33-20-13-9-18(10-14-20)26-25(31)17-7-11-19(32-2)12-8-17/h3-14H,15H2,1-2H3,(H,26,31). The van der Waals surface area contributed by atoms with Crippen molar-refractivity contribution in [2.75, 3.05) is 12.4 Å². The molecule has 0 aliphatic carbocycles. The van der Waals surface area contributed by atoms with Crippen LogP contribution in [0, 0.1) is 6.92 Å². The first-order chi connectivity index (χ1) is 16.1. The molecule has 0 aliphatic rings. The summed E-state index contributed by atoms with van der Waals surface area (Å²) in [5, 5.41) is 18.1. The predicted molar refractivity (Wildman–Crippen MR) is 125 cm³/mol. The first-order valence-electron chi connectivity index (χ1n) is 10.4. The maximum absolute atomic E-state index is 12.4. The van der Waals surface area contributed by atoms with Crippen LogP contribution in [-0.2, 0) is 6.61 Å². The number of benzene rings is 3. The summed E-state index contributed by atoms with van der Waals surface area (Å²) >= 11 is 0. The topological polar surface area (TPSA) is 90.6 Å². The molecule has 2 heterocycles. The van der Waals surface area contributed by atoms with Gasteiger partial charge in [0, 0.05) is 22.0 Å². The number of amides is 1. The second kappa shape index (κ2) is 8.58. The number of anilines is 1. The van der Waals surface area contributed by atoms with Gasteiger partial charge in [0.05, 0.1) is 12.8 Å². The van der Waals surface area contributed by atoms with Gasteiger partial charge < -0.3 is 14.8 Å². The molecule has 33 heavy (non-hydrogen) atoms. The number of ether oxygens (including phenoxy) is 2. The number of fused-ring (bicyclic) bond motifs is 3. The molecule has 5 aromatic rings. The van der Waals surface area contributed by atoms with E-state index in [4.69, 9.17) is 9.47 Å². The number of carbonyl (C=O) groups excluding carboxylic acids is 1. The Balaban J connectivity index is 1.27. The van der Waals surface area contributed by atoms with Crippen LogP contribution in [0.25, 0.3) is 16.4 Å². The summed E-state index contributed by atoms with van der Waals surface area (Å²) in [5.41, 5.74) is 2.81. The lowest BCUT2D eigenvalue weighted by molar-refractivity contribution is 0.102. The number of hydrogen-bond donors (Lipinski definition) is 1. The van der Waals surface area contributed by atoms with Crippen LogP contribution in [0.5, 0.6) is 11.5 Å². The van der Waals surface area contributed by atoms with Crippen LogP contribution in [0.4, 0.5) is 5.69 Å². The molecule has 8 heteroatoms. The van der Waals surface area contributed by atoms with Crippen LogP contribution >= 0.6 is 0 Å². The fourth-order valence-corrected chi connectivity index (χ4v) is 3.60. The second-order valence-electron chi connectivity index (χ2n) is 7.48. The molecule has 0 saturated carbocycles. The average Bonchev–Trinajstić information content (AvgIpc) is 3.26. The van der Waals surface area contributed by atoms with E-state index in [0.717, 1.165) is 16.5 Å². The molecule has 164 valence electrons. The number of aromatic nitrogens is 4. The molecular formula is C25H21N5O3. The molecule has 1 N–H and O–H groups in total. The smallest absolute Gasteiger partial charge is 0.255 e. The Bertz CT molecular complexity index is 1440. The highest BCUT2D eigenvalue weighted by Crippen LogP contribution is 2.22. The lowest BCUT2D eigenvalue weighted by Crippen LogP contribution is -2.11. The maximum Gasteiger partial charge on any atom is 0.255 e. The quantitative estimate of drug-likeness (QED) is 0.421. The van der Waals surface area contributed by atoms with E-state index in [0.29, 0.717) is 34.2 Å². The Hall–Kier alpha value is -4.46. The fraction of sp³-hybridized carbons (Fsp3) is 0.120. The lowest BCUT2D eigenvalue weighted by atomic mass is 10.1. The molecule has 0 bridgehead atoms. The number of aryl methyl sites for hydroxylation is 1. The van der Waals surface area contributed by atoms with Gasteiger partial charge in [-0.3, -0.25) is 4.79 Å². The van der Waals surface area contributed by atoms with Crippen molar-refractivity contribution in [1.82, 2.24) is 19.8 Å². The molecule has 0 fully saturated rings. The van der Waals surface area contributed by atoms with E-state index in [2.05, 4.69) is 20.6 Å². The third-order valence-electron chi connectivity index (χ3n) is 5.35. The Kier molecular flexibility index (Phi) is 5.32. The van der Waals surface area contributed by atoms with Crippen LogP contribution in [0.1, 0.15) is 21.9 Å². The second-order valence-corrected chi connectivity index (χ2v) is 7.48. The molecule has 5 rings (SSSR count). The zero-order valence-electron chi connectivity index (χ0n) is 18.1. The van der Waals surface area contributed by atoms with Crippen molar-refractivity contribution in [2.24, 2.45) is 0 Å². The van der Waals surface area contributed by atoms with E-state index in [-0.39, 0.29) is 12.5 Å². The highest BCUT2D eigenvalue weighted by Gasteiger charge is 2.13. The van der Waals surface area contributed by atoms with Crippen LogP contribution in [-0.4, -0.2) is 32.8 Å². The third kappa shape index (κ3) is 4.06. The van der Waals surface area contributed by atoms with Gasteiger partial charge in [0.1, 0.15) is 18.1 Å². The molecular weight excluding hydrogens is 418 g/mol. The lowest BCUT2D eigenvalue weighted by Gasteiger charge is -2.09. The monoisotopic (exact) mass is 439 g/mol. The SMILES string of the molecule is COc1ccc(C(=O)Nc2ccc(OCc3nnc4c5ccccc5c(C)nn34)cc2)cc1. The first kappa shape index (κ1) is 20.4. The third-order valence-corrected chi connectivity index (χ3v) is 5.35. The van der Waals surface area contributed by atoms with Crippen LogP contribution in [0.2, 0.25) is 0 Å². The van der Waals surface area contributed by atoms with Gasteiger partial charge in [0.2, 0.25) is 0 Å². The van der Waals surface area contributed by atoms with Gasteiger partial charge in [-0.05, 0) is 55.5 Å². The summed E-state index contributed by atoms with van der Waals surface area (Å²) in [5.74, 6) is 1.75. The number of carbonyl (C=O) groups is 1. The van der Waals surface area contributed by atoms with Crippen molar-refractivity contribution < 1.29 is 14.3 Å². The highest BCUT2D eigenvalue weighted by atomic mass is 16.5. The molecule has 0 atom stereocenters. The molecule has 0 aliphatic heterocycles. The zero-order chi connectivity index (χ0) is 22.8. The largest absolute Gasteiger partial charge is 0.497 e. The van der Waals surface area contributed by atoms with Crippen molar-refractivity contribution in [3.8, 4) is 11.5 Å². The van der Waals surface area contributed by atoms with E-state index in [1.165, 1.54) is 0 Å². The fourth-order valence-electron chi connectivity index (χ4n) is 3.60. The van der Waals surface area contributed by atoms with Gasteiger partial charge in [-0.15, -0.1) is 10.2 Å². The minimum absolute atomic E-state index is 0.199. The van der Waals surface area contributed by atoms with Crippen LogP contribution in [0.15, 0.2) is 72.8 Å². The zero-order valence-corrected chi connectivity index (χ0v) is 18.1. The normalized spacial score (nSPS) is 11.0. The summed E-state index contributed by atoms with van der Waals surface area (Å²) in [6.07, 6.45) is 0. The van der Waals surface area contributed by atoms with Gasteiger partial charge in [-0.1, -0.05) is 24.3 Å². The van der Waals surface area contributed by atoms with E-state index in [9.17, 15) is 4.79 Å². The summed E-state index contributed by atoms with van der Waals surface area (Å²) in [7, 11) is 1.59. The van der Waals surface area contributed by atoms with Gasteiger partial charge in [0.25, 0.3) is 5.91 Å². The maximum atomic E-state index is 12.4. The van der Waals surface area contributed by atoms with Crippen molar-refractivity contribution in [1.29, 1.82) is 0 Å². The summed E-state index contributed by atoms with van der Waals surface area (Å²) in [6.45, 7) is 2.18. The molecule has 8 nitrogen and oxygen atoms in total.